The second kappa shape index (κ2) is 7.48. The SMILES string of the molecule is O=C(O)N1CCN(Cc2ccc3c(c2)CNC3)CC1Cc1ccccc1. The Hall–Kier alpha value is -2.37. The summed E-state index contributed by atoms with van der Waals surface area (Å²) in [5, 5.41) is 13.0. The van der Waals surface area contributed by atoms with Gasteiger partial charge < -0.3 is 15.3 Å². The first-order valence-corrected chi connectivity index (χ1v) is 9.26. The number of piperazine rings is 1. The van der Waals surface area contributed by atoms with Crippen molar-refractivity contribution in [1.29, 1.82) is 0 Å². The molecule has 2 heterocycles. The van der Waals surface area contributed by atoms with Crippen molar-refractivity contribution in [3.05, 3.63) is 70.8 Å². The molecule has 5 nitrogen and oxygen atoms in total. The van der Waals surface area contributed by atoms with Crippen molar-refractivity contribution in [1.82, 2.24) is 15.1 Å². The van der Waals surface area contributed by atoms with Crippen molar-refractivity contribution in [2.24, 2.45) is 0 Å². The Labute approximate surface area is 154 Å². The normalized spacial score (nSPS) is 20.2. The summed E-state index contributed by atoms with van der Waals surface area (Å²) < 4.78 is 0. The van der Waals surface area contributed by atoms with Gasteiger partial charge in [0, 0.05) is 39.3 Å². The Bertz CT molecular complexity index is 778. The van der Waals surface area contributed by atoms with Crippen molar-refractivity contribution in [2.75, 3.05) is 19.6 Å². The number of amides is 1. The van der Waals surface area contributed by atoms with Crippen molar-refractivity contribution in [3.8, 4) is 0 Å². The predicted molar refractivity (Wildman–Crippen MR) is 101 cm³/mol. The molecule has 1 saturated heterocycles. The number of carbonyl (C=O) groups is 1. The maximum Gasteiger partial charge on any atom is 0.407 e. The summed E-state index contributed by atoms with van der Waals surface area (Å²) in [6, 6.07) is 16.9. The summed E-state index contributed by atoms with van der Waals surface area (Å²) in [5.74, 6) is 0. The Morgan fingerprint density at radius 3 is 2.65 bits per heavy atom. The number of carboxylic acid groups (broad SMARTS) is 1. The zero-order chi connectivity index (χ0) is 17.9. The molecule has 0 spiro atoms. The number of hydrogen-bond acceptors (Lipinski definition) is 3. The van der Waals surface area contributed by atoms with Crippen molar-refractivity contribution >= 4 is 6.09 Å². The minimum absolute atomic E-state index is 0.000237. The van der Waals surface area contributed by atoms with E-state index in [-0.39, 0.29) is 6.04 Å². The molecule has 1 fully saturated rings. The van der Waals surface area contributed by atoms with E-state index in [9.17, 15) is 9.90 Å². The lowest BCUT2D eigenvalue weighted by molar-refractivity contribution is 0.0645. The van der Waals surface area contributed by atoms with Gasteiger partial charge in [0.05, 0.1) is 6.04 Å². The largest absolute Gasteiger partial charge is 0.465 e. The average Bonchev–Trinajstić information content (AvgIpc) is 3.10. The predicted octanol–water partition coefficient (Wildman–Crippen LogP) is 2.70. The Morgan fingerprint density at radius 2 is 1.85 bits per heavy atom. The average molecular weight is 351 g/mol. The minimum atomic E-state index is -0.811. The fraction of sp³-hybridized carbons (Fsp3) is 0.381. The van der Waals surface area contributed by atoms with Crippen LogP contribution in [0.3, 0.4) is 0 Å². The Kier molecular flexibility index (Phi) is 4.91. The molecule has 2 aliphatic rings. The molecular formula is C21H25N3O2. The summed E-state index contributed by atoms with van der Waals surface area (Å²) >= 11 is 0. The highest BCUT2D eigenvalue weighted by Crippen LogP contribution is 2.21. The van der Waals surface area contributed by atoms with Crippen LogP contribution in [0.4, 0.5) is 4.79 Å². The van der Waals surface area contributed by atoms with Crippen LogP contribution in [0.2, 0.25) is 0 Å². The topological polar surface area (TPSA) is 55.8 Å². The second-order valence-corrected chi connectivity index (χ2v) is 7.26. The van der Waals surface area contributed by atoms with Gasteiger partial charge in [-0.15, -0.1) is 0 Å². The van der Waals surface area contributed by atoms with E-state index >= 15 is 0 Å². The van der Waals surface area contributed by atoms with E-state index in [1.807, 2.05) is 18.2 Å². The number of fused-ring (bicyclic) bond motifs is 1. The lowest BCUT2D eigenvalue weighted by atomic mass is 10.0. The summed E-state index contributed by atoms with van der Waals surface area (Å²) in [6.07, 6.45) is -0.0493. The van der Waals surface area contributed by atoms with Crippen molar-refractivity contribution < 1.29 is 9.90 Å². The van der Waals surface area contributed by atoms with Crippen LogP contribution in [0.25, 0.3) is 0 Å². The lowest BCUT2D eigenvalue weighted by Crippen LogP contribution is -2.55. The molecule has 5 heteroatoms. The number of nitrogens with zero attached hydrogens (tertiary/aromatic N) is 2. The van der Waals surface area contributed by atoms with Crippen LogP contribution in [0, 0.1) is 0 Å². The van der Waals surface area contributed by atoms with E-state index < -0.39 is 6.09 Å². The van der Waals surface area contributed by atoms with E-state index in [2.05, 4.69) is 40.5 Å². The van der Waals surface area contributed by atoms with Crippen LogP contribution in [0.15, 0.2) is 48.5 Å². The van der Waals surface area contributed by atoms with Crippen LogP contribution in [0.5, 0.6) is 0 Å². The number of hydrogen-bond donors (Lipinski definition) is 2. The molecule has 2 aliphatic heterocycles. The first-order chi connectivity index (χ1) is 12.7. The fourth-order valence-electron chi connectivity index (χ4n) is 4.08. The molecule has 4 rings (SSSR count). The Morgan fingerprint density at radius 1 is 1.04 bits per heavy atom. The molecule has 26 heavy (non-hydrogen) atoms. The van der Waals surface area contributed by atoms with Gasteiger partial charge in [0.2, 0.25) is 0 Å². The lowest BCUT2D eigenvalue weighted by Gasteiger charge is -2.40. The molecule has 1 unspecified atom stereocenters. The monoisotopic (exact) mass is 351 g/mol. The van der Waals surface area contributed by atoms with Gasteiger partial charge in [-0.3, -0.25) is 4.90 Å². The van der Waals surface area contributed by atoms with Gasteiger partial charge >= 0.3 is 6.09 Å². The second-order valence-electron chi connectivity index (χ2n) is 7.26. The van der Waals surface area contributed by atoms with Gasteiger partial charge in [-0.1, -0.05) is 48.5 Å². The molecule has 1 amide bonds. The smallest absolute Gasteiger partial charge is 0.407 e. The van der Waals surface area contributed by atoms with Gasteiger partial charge in [0.15, 0.2) is 0 Å². The molecule has 0 aliphatic carbocycles. The van der Waals surface area contributed by atoms with E-state index in [0.717, 1.165) is 39.1 Å². The van der Waals surface area contributed by atoms with Crippen LogP contribution >= 0.6 is 0 Å². The van der Waals surface area contributed by atoms with E-state index in [4.69, 9.17) is 0 Å². The molecule has 2 N–H and O–H groups in total. The van der Waals surface area contributed by atoms with Crippen LogP contribution in [0.1, 0.15) is 22.3 Å². The molecule has 0 saturated carbocycles. The highest BCUT2D eigenvalue weighted by molar-refractivity contribution is 5.65. The van der Waals surface area contributed by atoms with Gasteiger partial charge in [-0.05, 0) is 28.7 Å². The Balaban J connectivity index is 1.45. The first-order valence-electron chi connectivity index (χ1n) is 9.26. The standard InChI is InChI=1S/C21H25N3O2/c25-21(26)24-9-8-23(15-20(24)11-16-4-2-1-3-5-16)14-17-6-7-18-12-22-13-19(18)10-17/h1-7,10,20,22H,8-9,11-15H2,(H,25,26). The van der Waals surface area contributed by atoms with Gasteiger partial charge in [-0.25, -0.2) is 4.79 Å². The zero-order valence-corrected chi connectivity index (χ0v) is 14.9. The number of benzene rings is 2. The van der Waals surface area contributed by atoms with Gasteiger partial charge in [0.25, 0.3) is 0 Å². The van der Waals surface area contributed by atoms with Gasteiger partial charge in [0.1, 0.15) is 0 Å². The molecule has 2 aromatic rings. The van der Waals surface area contributed by atoms with Crippen LogP contribution < -0.4 is 5.32 Å². The van der Waals surface area contributed by atoms with E-state index in [1.54, 1.807) is 4.90 Å². The maximum atomic E-state index is 11.6. The quantitative estimate of drug-likeness (QED) is 0.889. The third-order valence-electron chi connectivity index (χ3n) is 5.43. The van der Waals surface area contributed by atoms with Crippen molar-refractivity contribution in [2.45, 2.75) is 32.1 Å². The molecular weight excluding hydrogens is 326 g/mol. The summed E-state index contributed by atoms with van der Waals surface area (Å²) in [7, 11) is 0. The van der Waals surface area contributed by atoms with Crippen LogP contribution in [-0.4, -0.2) is 46.7 Å². The summed E-state index contributed by atoms with van der Waals surface area (Å²) in [6.45, 7) is 4.92. The minimum Gasteiger partial charge on any atom is -0.465 e. The summed E-state index contributed by atoms with van der Waals surface area (Å²) in [5.41, 5.74) is 5.29. The van der Waals surface area contributed by atoms with E-state index in [0.29, 0.717) is 6.54 Å². The highest BCUT2D eigenvalue weighted by Gasteiger charge is 2.30. The number of rotatable bonds is 4. The molecule has 0 radical (unpaired) electrons. The molecule has 0 bridgehead atoms. The molecule has 136 valence electrons. The maximum absolute atomic E-state index is 11.6. The first kappa shape index (κ1) is 17.1. The van der Waals surface area contributed by atoms with E-state index in [1.165, 1.54) is 22.3 Å². The zero-order valence-electron chi connectivity index (χ0n) is 14.9. The van der Waals surface area contributed by atoms with Gasteiger partial charge in [-0.2, -0.15) is 0 Å². The summed E-state index contributed by atoms with van der Waals surface area (Å²) in [4.78, 5) is 15.6. The number of nitrogens with one attached hydrogen (secondary N) is 1. The molecule has 1 atom stereocenters. The molecule has 0 aromatic heterocycles. The fourth-order valence-corrected chi connectivity index (χ4v) is 4.08. The third-order valence-corrected chi connectivity index (χ3v) is 5.43. The van der Waals surface area contributed by atoms with Crippen molar-refractivity contribution in [3.63, 3.8) is 0 Å². The molecule has 2 aromatic carbocycles. The third kappa shape index (κ3) is 3.74. The highest BCUT2D eigenvalue weighted by atomic mass is 16.4. The van der Waals surface area contributed by atoms with Crippen LogP contribution in [-0.2, 0) is 26.1 Å².